The van der Waals surface area contributed by atoms with Gasteiger partial charge in [0, 0.05) is 24.6 Å². The molecule has 4 heteroatoms. The predicted octanol–water partition coefficient (Wildman–Crippen LogP) is 1.20. The molecular weight excluding hydrogens is 188 g/mol. The predicted molar refractivity (Wildman–Crippen MR) is 56.2 cm³/mol. The van der Waals surface area contributed by atoms with Gasteiger partial charge in [0.25, 0.3) is 0 Å². The highest BCUT2D eigenvalue weighted by Crippen LogP contribution is 2.11. The van der Waals surface area contributed by atoms with Crippen molar-refractivity contribution in [2.45, 2.75) is 6.54 Å². The lowest BCUT2D eigenvalue weighted by Crippen LogP contribution is -1.99. The van der Waals surface area contributed by atoms with Gasteiger partial charge in [0.2, 0.25) is 5.82 Å². The van der Waals surface area contributed by atoms with Crippen molar-refractivity contribution >= 4 is 0 Å². The molecule has 2 aromatic rings. The zero-order valence-corrected chi connectivity index (χ0v) is 8.09. The van der Waals surface area contributed by atoms with E-state index in [-0.39, 0.29) is 0 Å². The molecule has 1 heterocycles. The summed E-state index contributed by atoms with van der Waals surface area (Å²) in [6.07, 6.45) is 3.37. The van der Waals surface area contributed by atoms with E-state index in [0.717, 1.165) is 11.3 Å². The summed E-state index contributed by atoms with van der Waals surface area (Å²) in [6.45, 7) is 0.523. The normalized spacial score (nSPS) is 9.87. The SMILES string of the molecule is N#Cc1nccn1-c1ccc(CN)cc1. The topological polar surface area (TPSA) is 67.6 Å². The third-order valence-electron chi connectivity index (χ3n) is 2.19. The van der Waals surface area contributed by atoms with Crippen molar-refractivity contribution in [1.29, 1.82) is 5.26 Å². The summed E-state index contributed by atoms with van der Waals surface area (Å²) >= 11 is 0. The van der Waals surface area contributed by atoms with E-state index >= 15 is 0 Å². The maximum Gasteiger partial charge on any atom is 0.217 e. The number of nitrogens with zero attached hydrogens (tertiary/aromatic N) is 3. The van der Waals surface area contributed by atoms with E-state index in [2.05, 4.69) is 4.98 Å². The van der Waals surface area contributed by atoms with E-state index in [1.165, 1.54) is 0 Å². The molecule has 0 atom stereocenters. The van der Waals surface area contributed by atoms with Gasteiger partial charge in [0.1, 0.15) is 6.07 Å². The van der Waals surface area contributed by atoms with E-state index in [4.69, 9.17) is 11.0 Å². The molecule has 0 unspecified atom stereocenters. The number of rotatable bonds is 2. The maximum absolute atomic E-state index is 8.82. The van der Waals surface area contributed by atoms with Crippen molar-refractivity contribution in [1.82, 2.24) is 9.55 Å². The van der Waals surface area contributed by atoms with Gasteiger partial charge in [-0.05, 0) is 17.7 Å². The highest BCUT2D eigenvalue weighted by Gasteiger charge is 2.02. The summed E-state index contributed by atoms with van der Waals surface area (Å²) in [5.41, 5.74) is 7.49. The molecule has 1 aromatic carbocycles. The molecule has 0 aliphatic carbocycles. The Hall–Kier alpha value is -2.12. The molecule has 0 spiro atoms. The first-order chi connectivity index (χ1) is 7.35. The lowest BCUT2D eigenvalue weighted by atomic mass is 10.2. The zero-order valence-electron chi connectivity index (χ0n) is 8.09. The molecule has 0 aliphatic rings. The third kappa shape index (κ3) is 1.73. The fourth-order valence-corrected chi connectivity index (χ4v) is 1.39. The molecule has 2 rings (SSSR count). The summed E-state index contributed by atoms with van der Waals surface area (Å²) in [4.78, 5) is 3.93. The first-order valence-electron chi connectivity index (χ1n) is 4.58. The fourth-order valence-electron chi connectivity index (χ4n) is 1.39. The minimum atomic E-state index is 0.385. The van der Waals surface area contributed by atoms with Crippen LogP contribution in [0.5, 0.6) is 0 Å². The molecule has 2 N–H and O–H groups in total. The number of nitriles is 1. The van der Waals surface area contributed by atoms with Gasteiger partial charge in [-0.1, -0.05) is 12.1 Å². The second kappa shape index (κ2) is 3.95. The largest absolute Gasteiger partial charge is 0.326 e. The molecule has 0 saturated carbocycles. The molecule has 0 fully saturated rings. The van der Waals surface area contributed by atoms with Crippen LogP contribution in [0.1, 0.15) is 11.4 Å². The Morgan fingerprint density at radius 3 is 2.67 bits per heavy atom. The zero-order chi connectivity index (χ0) is 10.7. The Morgan fingerprint density at radius 1 is 1.33 bits per heavy atom. The highest BCUT2D eigenvalue weighted by molar-refractivity contribution is 5.37. The Kier molecular flexibility index (Phi) is 2.48. The van der Waals surface area contributed by atoms with Crippen LogP contribution in [-0.4, -0.2) is 9.55 Å². The minimum absolute atomic E-state index is 0.385. The van der Waals surface area contributed by atoms with Gasteiger partial charge in [-0.15, -0.1) is 0 Å². The Labute approximate surface area is 87.6 Å². The van der Waals surface area contributed by atoms with Gasteiger partial charge in [-0.2, -0.15) is 5.26 Å². The fraction of sp³-hybridized carbons (Fsp3) is 0.0909. The number of aromatic nitrogens is 2. The van der Waals surface area contributed by atoms with Crippen molar-refractivity contribution in [2.75, 3.05) is 0 Å². The number of nitrogens with two attached hydrogens (primary N) is 1. The van der Waals surface area contributed by atoms with E-state index in [1.807, 2.05) is 30.3 Å². The smallest absolute Gasteiger partial charge is 0.217 e. The van der Waals surface area contributed by atoms with Crippen LogP contribution in [0.4, 0.5) is 0 Å². The van der Waals surface area contributed by atoms with E-state index < -0.39 is 0 Å². The van der Waals surface area contributed by atoms with Crippen LogP contribution in [0.15, 0.2) is 36.7 Å². The average Bonchev–Trinajstić information content (AvgIpc) is 2.77. The van der Waals surface area contributed by atoms with Crippen LogP contribution >= 0.6 is 0 Å². The van der Waals surface area contributed by atoms with Gasteiger partial charge in [0.15, 0.2) is 0 Å². The molecule has 1 aromatic heterocycles. The van der Waals surface area contributed by atoms with Crippen LogP contribution in [0.3, 0.4) is 0 Å². The molecule has 0 bridgehead atoms. The Bertz CT molecular complexity index is 490. The Morgan fingerprint density at radius 2 is 2.07 bits per heavy atom. The maximum atomic E-state index is 8.82. The van der Waals surface area contributed by atoms with Crippen LogP contribution in [0.2, 0.25) is 0 Å². The third-order valence-corrected chi connectivity index (χ3v) is 2.19. The molecule has 74 valence electrons. The molecule has 4 nitrogen and oxygen atoms in total. The summed E-state index contributed by atoms with van der Waals surface area (Å²) in [5, 5.41) is 8.82. The second-order valence-electron chi connectivity index (χ2n) is 3.10. The van der Waals surface area contributed by atoms with E-state index in [9.17, 15) is 0 Å². The Balaban J connectivity index is 2.42. The quantitative estimate of drug-likeness (QED) is 0.788. The van der Waals surface area contributed by atoms with E-state index in [1.54, 1.807) is 17.0 Å². The van der Waals surface area contributed by atoms with Crippen LogP contribution < -0.4 is 5.73 Å². The lowest BCUT2D eigenvalue weighted by Gasteiger charge is -2.04. The number of hydrogen-bond acceptors (Lipinski definition) is 3. The summed E-state index contributed by atoms with van der Waals surface area (Å²) in [5.74, 6) is 0.385. The van der Waals surface area contributed by atoms with Crippen LogP contribution in [0.25, 0.3) is 5.69 Å². The average molecular weight is 198 g/mol. The van der Waals surface area contributed by atoms with Gasteiger partial charge in [-0.3, -0.25) is 4.57 Å². The molecule has 0 saturated heterocycles. The molecule has 0 radical (unpaired) electrons. The second-order valence-corrected chi connectivity index (χ2v) is 3.10. The highest BCUT2D eigenvalue weighted by atomic mass is 15.1. The molecule has 0 amide bonds. The summed E-state index contributed by atoms with van der Waals surface area (Å²) in [6, 6.07) is 9.75. The van der Waals surface area contributed by atoms with Crippen LogP contribution in [-0.2, 0) is 6.54 Å². The standard InChI is InChI=1S/C11H10N4/c12-7-9-1-3-10(4-2-9)15-6-5-14-11(15)8-13/h1-6H,7,12H2. The number of benzene rings is 1. The van der Waals surface area contributed by atoms with Gasteiger partial charge in [-0.25, -0.2) is 4.98 Å². The molecule has 15 heavy (non-hydrogen) atoms. The van der Waals surface area contributed by atoms with Crippen molar-refractivity contribution in [3.05, 3.63) is 48.0 Å². The lowest BCUT2D eigenvalue weighted by molar-refractivity contribution is 1.01. The molecule has 0 aliphatic heterocycles. The summed E-state index contributed by atoms with van der Waals surface area (Å²) < 4.78 is 1.74. The number of imidazole rings is 1. The van der Waals surface area contributed by atoms with Gasteiger partial charge < -0.3 is 5.73 Å². The summed E-state index contributed by atoms with van der Waals surface area (Å²) in [7, 11) is 0. The van der Waals surface area contributed by atoms with Crippen molar-refractivity contribution in [3.8, 4) is 11.8 Å². The van der Waals surface area contributed by atoms with Crippen molar-refractivity contribution in [3.63, 3.8) is 0 Å². The molecular formula is C11H10N4. The van der Waals surface area contributed by atoms with Gasteiger partial charge in [0.05, 0.1) is 0 Å². The van der Waals surface area contributed by atoms with Crippen molar-refractivity contribution in [2.24, 2.45) is 5.73 Å². The first kappa shape index (κ1) is 9.44. The number of hydrogen-bond donors (Lipinski definition) is 1. The van der Waals surface area contributed by atoms with Gasteiger partial charge >= 0.3 is 0 Å². The minimum Gasteiger partial charge on any atom is -0.326 e. The first-order valence-corrected chi connectivity index (χ1v) is 4.58. The van der Waals surface area contributed by atoms with Crippen molar-refractivity contribution < 1.29 is 0 Å². The monoisotopic (exact) mass is 198 g/mol. The van der Waals surface area contributed by atoms with Crippen LogP contribution in [0, 0.1) is 11.3 Å². The van der Waals surface area contributed by atoms with E-state index in [0.29, 0.717) is 12.4 Å².